The molecule has 92 valence electrons. The first-order valence-corrected chi connectivity index (χ1v) is 6.56. The fourth-order valence-corrected chi connectivity index (χ4v) is 1.98. The third-order valence-electron chi connectivity index (χ3n) is 2.46. The minimum Gasteiger partial charge on any atom is -0.388 e. The van der Waals surface area contributed by atoms with E-state index >= 15 is 0 Å². The first kappa shape index (κ1) is 13.0. The van der Waals surface area contributed by atoms with Crippen LogP contribution in [-0.4, -0.2) is 9.97 Å². The molecule has 3 N–H and O–H groups in total. The van der Waals surface area contributed by atoms with E-state index in [0.717, 1.165) is 21.5 Å². The number of aryl methyl sites for hydroxylation is 1. The van der Waals surface area contributed by atoms with Crippen molar-refractivity contribution in [2.45, 2.75) is 6.92 Å². The Morgan fingerprint density at radius 3 is 2.83 bits per heavy atom. The SMILES string of the molecule is Cc1ccc(Br)cc1Nc1cccc(C(N)=S)n1. The van der Waals surface area contributed by atoms with Gasteiger partial charge in [-0.15, -0.1) is 0 Å². The van der Waals surface area contributed by atoms with Gasteiger partial charge in [0.25, 0.3) is 0 Å². The number of nitrogens with two attached hydrogens (primary N) is 1. The van der Waals surface area contributed by atoms with Crippen molar-refractivity contribution in [2.75, 3.05) is 5.32 Å². The van der Waals surface area contributed by atoms with Crippen LogP contribution in [0.4, 0.5) is 11.5 Å². The molecule has 0 fully saturated rings. The first-order chi connectivity index (χ1) is 8.56. The number of aromatic nitrogens is 1. The van der Waals surface area contributed by atoms with Gasteiger partial charge in [-0.2, -0.15) is 0 Å². The summed E-state index contributed by atoms with van der Waals surface area (Å²) in [5.74, 6) is 0.724. The first-order valence-electron chi connectivity index (χ1n) is 5.36. The van der Waals surface area contributed by atoms with E-state index in [2.05, 4.69) is 26.2 Å². The molecular formula is C13H12BrN3S. The van der Waals surface area contributed by atoms with E-state index in [9.17, 15) is 0 Å². The van der Waals surface area contributed by atoms with E-state index in [-0.39, 0.29) is 0 Å². The number of anilines is 2. The molecule has 1 aromatic carbocycles. The highest BCUT2D eigenvalue weighted by Gasteiger charge is 2.03. The van der Waals surface area contributed by atoms with Crippen molar-refractivity contribution in [3.05, 3.63) is 52.1 Å². The summed E-state index contributed by atoms with van der Waals surface area (Å²) in [6.45, 7) is 2.03. The Bertz CT molecular complexity index is 599. The highest BCUT2D eigenvalue weighted by atomic mass is 79.9. The Kier molecular flexibility index (Phi) is 3.93. The zero-order chi connectivity index (χ0) is 13.1. The molecule has 0 aliphatic rings. The van der Waals surface area contributed by atoms with Gasteiger partial charge >= 0.3 is 0 Å². The van der Waals surface area contributed by atoms with Crippen molar-refractivity contribution in [3.63, 3.8) is 0 Å². The fraction of sp³-hybridized carbons (Fsp3) is 0.0769. The van der Waals surface area contributed by atoms with Crippen molar-refractivity contribution in [2.24, 2.45) is 5.73 Å². The lowest BCUT2D eigenvalue weighted by Gasteiger charge is -2.10. The summed E-state index contributed by atoms with van der Waals surface area (Å²) in [5.41, 5.74) is 8.31. The Morgan fingerprint density at radius 2 is 2.11 bits per heavy atom. The highest BCUT2D eigenvalue weighted by molar-refractivity contribution is 9.10. The second kappa shape index (κ2) is 5.46. The molecule has 0 bridgehead atoms. The molecular weight excluding hydrogens is 310 g/mol. The highest BCUT2D eigenvalue weighted by Crippen LogP contribution is 2.23. The molecule has 0 radical (unpaired) electrons. The fourth-order valence-electron chi connectivity index (χ4n) is 1.51. The van der Waals surface area contributed by atoms with E-state index in [1.54, 1.807) is 6.07 Å². The van der Waals surface area contributed by atoms with Gasteiger partial charge in [0, 0.05) is 10.2 Å². The second-order valence-corrected chi connectivity index (χ2v) is 5.21. The number of hydrogen-bond donors (Lipinski definition) is 2. The van der Waals surface area contributed by atoms with Crippen molar-refractivity contribution in [1.29, 1.82) is 0 Å². The maximum absolute atomic E-state index is 5.56. The van der Waals surface area contributed by atoms with Crippen LogP contribution in [0.2, 0.25) is 0 Å². The maximum atomic E-state index is 5.56. The van der Waals surface area contributed by atoms with Gasteiger partial charge in [-0.25, -0.2) is 4.98 Å². The molecule has 0 aliphatic carbocycles. The molecule has 2 aromatic rings. The molecule has 1 heterocycles. The summed E-state index contributed by atoms with van der Waals surface area (Å²) in [7, 11) is 0. The summed E-state index contributed by atoms with van der Waals surface area (Å²) in [5, 5.41) is 3.25. The van der Waals surface area contributed by atoms with E-state index in [1.807, 2.05) is 37.3 Å². The summed E-state index contributed by atoms with van der Waals surface area (Å²) >= 11 is 8.36. The third-order valence-corrected chi connectivity index (χ3v) is 3.17. The molecule has 3 nitrogen and oxygen atoms in total. The topological polar surface area (TPSA) is 50.9 Å². The number of nitrogens with one attached hydrogen (secondary N) is 1. The van der Waals surface area contributed by atoms with Gasteiger partial charge in [-0.3, -0.25) is 0 Å². The zero-order valence-corrected chi connectivity index (χ0v) is 12.2. The van der Waals surface area contributed by atoms with Crippen LogP contribution in [0.3, 0.4) is 0 Å². The van der Waals surface area contributed by atoms with Crippen LogP contribution in [-0.2, 0) is 0 Å². The molecule has 0 unspecified atom stereocenters. The lowest BCUT2D eigenvalue weighted by molar-refractivity contribution is 1.27. The minimum absolute atomic E-state index is 0.296. The van der Waals surface area contributed by atoms with Gasteiger partial charge in [-0.05, 0) is 36.8 Å². The summed E-state index contributed by atoms with van der Waals surface area (Å²) in [6, 6.07) is 11.6. The second-order valence-electron chi connectivity index (χ2n) is 3.86. The van der Waals surface area contributed by atoms with Crippen LogP contribution in [0.15, 0.2) is 40.9 Å². The number of hydrogen-bond acceptors (Lipinski definition) is 3. The molecule has 1 aromatic heterocycles. The number of halogens is 1. The number of benzene rings is 1. The Balaban J connectivity index is 2.31. The average molecular weight is 322 g/mol. The molecule has 5 heteroatoms. The van der Waals surface area contributed by atoms with Gasteiger partial charge in [0.15, 0.2) is 0 Å². The van der Waals surface area contributed by atoms with E-state index in [1.165, 1.54) is 0 Å². The lowest BCUT2D eigenvalue weighted by atomic mass is 10.2. The lowest BCUT2D eigenvalue weighted by Crippen LogP contribution is -2.12. The summed E-state index contributed by atoms with van der Waals surface area (Å²) < 4.78 is 1.01. The monoisotopic (exact) mass is 321 g/mol. The maximum Gasteiger partial charge on any atom is 0.131 e. The predicted octanol–water partition coefficient (Wildman–Crippen LogP) is 3.53. The molecule has 2 rings (SSSR count). The van der Waals surface area contributed by atoms with E-state index in [0.29, 0.717) is 10.7 Å². The van der Waals surface area contributed by atoms with Crippen molar-refractivity contribution in [1.82, 2.24) is 4.98 Å². The van der Waals surface area contributed by atoms with Crippen LogP contribution in [0.25, 0.3) is 0 Å². The molecule has 18 heavy (non-hydrogen) atoms. The smallest absolute Gasteiger partial charge is 0.131 e. The van der Waals surface area contributed by atoms with Gasteiger partial charge in [0.1, 0.15) is 10.8 Å². The van der Waals surface area contributed by atoms with Gasteiger partial charge in [-0.1, -0.05) is 40.3 Å². The third kappa shape index (κ3) is 3.05. The molecule has 0 atom stereocenters. The van der Waals surface area contributed by atoms with Crippen molar-refractivity contribution >= 4 is 44.6 Å². The molecule has 0 saturated heterocycles. The van der Waals surface area contributed by atoms with Crippen LogP contribution >= 0.6 is 28.1 Å². The minimum atomic E-state index is 0.296. The van der Waals surface area contributed by atoms with Gasteiger partial charge < -0.3 is 11.1 Å². The molecule has 0 amide bonds. The summed E-state index contributed by atoms with van der Waals surface area (Å²) in [4.78, 5) is 4.64. The van der Waals surface area contributed by atoms with Crippen LogP contribution in [0.5, 0.6) is 0 Å². The largest absolute Gasteiger partial charge is 0.388 e. The zero-order valence-electron chi connectivity index (χ0n) is 9.77. The van der Waals surface area contributed by atoms with Crippen LogP contribution < -0.4 is 11.1 Å². The van der Waals surface area contributed by atoms with Crippen molar-refractivity contribution in [3.8, 4) is 0 Å². The number of nitrogens with zero attached hydrogens (tertiary/aromatic N) is 1. The normalized spacial score (nSPS) is 10.1. The predicted molar refractivity (Wildman–Crippen MR) is 82.3 cm³/mol. The van der Waals surface area contributed by atoms with Crippen molar-refractivity contribution < 1.29 is 0 Å². The molecule has 0 aliphatic heterocycles. The standard InChI is InChI=1S/C13H12BrN3S/c1-8-5-6-9(14)7-11(8)17-12-4-2-3-10(16-12)13(15)18/h2-7H,1H3,(H2,15,18)(H,16,17). The average Bonchev–Trinajstić information content (AvgIpc) is 2.34. The van der Waals surface area contributed by atoms with Crippen LogP contribution in [0, 0.1) is 6.92 Å². The Morgan fingerprint density at radius 1 is 1.33 bits per heavy atom. The van der Waals surface area contributed by atoms with E-state index in [4.69, 9.17) is 18.0 Å². The van der Waals surface area contributed by atoms with Crippen LogP contribution in [0.1, 0.15) is 11.3 Å². The number of rotatable bonds is 3. The van der Waals surface area contributed by atoms with Gasteiger partial charge in [0.05, 0.1) is 5.69 Å². The Hall–Kier alpha value is -1.46. The van der Waals surface area contributed by atoms with E-state index < -0.39 is 0 Å². The molecule has 0 spiro atoms. The number of thiocarbonyl (C=S) groups is 1. The molecule has 0 saturated carbocycles. The number of pyridine rings is 1. The summed E-state index contributed by atoms with van der Waals surface area (Å²) in [6.07, 6.45) is 0. The quantitative estimate of drug-likeness (QED) is 0.849. The Labute approximate surface area is 120 Å². The van der Waals surface area contributed by atoms with Gasteiger partial charge in [0.2, 0.25) is 0 Å².